The van der Waals surface area contributed by atoms with Crippen molar-refractivity contribution in [3.63, 3.8) is 0 Å². The molecule has 1 aliphatic rings. The SMILES string of the molecule is CCOC(=O)CN(C)C(=O)C1(CCC(C)C)C(=O)CC(=O)c2ccccc21. The van der Waals surface area contributed by atoms with Crippen molar-refractivity contribution in [3.8, 4) is 0 Å². The third-order valence-corrected chi connectivity index (χ3v) is 4.96. The summed E-state index contributed by atoms with van der Waals surface area (Å²) < 4.78 is 4.92. The highest BCUT2D eigenvalue weighted by atomic mass is 16.5. The molecule has 27 heavy (non-hydrogen) atoms. The van der Waals surface area contributed by atoms with Gasteiger partial charge in [-0.1, -0.05) is 38.1 Å². The fraction of sp³-hybridized carbons (Fsp3) is 0.524. The highest BCUT2D eigenvalue weighted by Crippen LogP contribution is 2.40. The summed E-state index contributed by atoms with van der Waals surface area (Å²) >= 11 is 0. The van der Waals surface area contributed by atoms with Gasteiger partial charge in [0.1, 0.15) is 12.0 Å². The molecule has 1 amide bonds. The summed E-state index contributed by atoms with van der Waals surface area (Å²) in [6.07, 6.45) is 0.654. The Hall–Kier alpha value is -2.50. The van der Waals surface area contributed by atoms with Crippen molar-refractivity contribution in [2.24, 2.45) is 5.92 Å². The highest BCUT2D eigenvalue weighted by molar-refractivity contribution is 6.24. The number of carbonyl (C=O) groups is 4. The van der Waals surface area contributed by atoms with Gasteiger partial charge in [0.05, 0.1) is 13.0 Å². The largest absolute Gasteiger partial charge is 0.465 e. The van der Waals surface area contributed by atoms with Crippen LogP contribution in [0.4, 0.5) is 0 Å². The monoisotopic (exact) mass is 373 g/mol. The van der Waals surface area contributed by atoms with Crippen LogP contribution in [0, 0.1) is 5.92 Å². The van der Waals surface area contributed by atoms with Crippen LogP contribution in [0.2, 0.25) is 0 Å². The van der Waals surface area contributed by atoms with Gasteiger partial charge in [-0.15, -0.1) is 0 Å². The van der Waals surface area contributed by atoms with Gasteiger partial charge in [-0.25, -0.2) is 0 Å². The Kier molecular flexibility index (Phi) is 6.52. The van der Waals surface area contributed by atoms with Crippen molar-refractivity contribution in [3.05, 3.63) is 35.4 Å². The molecule has 0 fully saturated rings. The molecule has 6 heteroatoms. The fourth-order valence-corrected chi connectivity index (χ4v) is 3.56. The van der Waals surface area contributed by atoms with Gasteiger partial charge in [-0.2, -0.15) is 0 Å². The average molecular weight is 373 g/mol. The summed E-state index contributed by atoms with van der Waals surface area (Å²) in [6.45, 7) is 5.71. The number of fused-ring (bicyclic) bond motifs is 1. The Morgan fingerprint density at radius 1 is 1.22 bits per heavy atom. The zero-order valence-corrected chi connectivity index (χ0v) is 16.4. The van der Waals surface area contributed by atoms with Crippen molar-refractivity contribution in [1.82, 2.24) is 4.90 Å². The molecule has 1 unspecified atom stereocenters. The lowest BCUT2D eigenvalue weighted by atomic mass is 9.64. The Bertz CT molecular complexity index is 755. The molecular weight excluding hydrogens is 346 g/mol. The molecule has 0 spiro atoms. The number of nitrogens with zero attached hydrogens (tertiary/aromatic N) is 1. The molecule has 0 bridgehead atoms. The van der Waals surface area contributed by atoms with Gasteiger partial charge in [0.2, 0.25) is 5.91 Å². The maximum absolute atomic E-state index is 13.4. The first-order valence-electron chi connectivity index (χ1n) is 9.31. The fourth-order valence-electron chi connectivity index (χ4n) is 3.56. The number of ketones is 2. The second kappa shape index (κ2) is 8.46. The lowest BCUT2D eigenvalue weighted by molar-refractivity contribution is -0.152. The molecule has 0 saturated heterocycles. The van der Waals surface area contributed by atoms with Crippen molar-refractivity contribution < 1.29 is 23.9 Å². The topological polar surface area (TPSA) is 80.8 Å². The van der Waals surface area contributed by atoms with Crippen LogP contribution in [0.3, 0.4) is 0 Å². The number of ether oxygens (including phenoxy) is 1. The first-order chi connectivity index (χ1) is 12.7. The van der Waals surface area contributed by atoms with Crippen LogP contribution in [0.1, 0.15) is 56.0 Å². The second-order valence-corrected chi connectivity index (χ2v) is 7.37. The van der Waals surface area contributed by atoms with Gasteiger partial charge in [-0.3, -0.25) is 19.2 Å². The smallest absolute Gasteiger partial charge is 0.325 e. The number of benzene rings is 1. The number of Topliss-reactive ketones (excluding diaryl/α,β-unsaturated/α-hetero) is 2. The zero-order valence-electron chi connectivity index (χ0n) is 16.4. The van der Waals surface area contributed by atoms with Gasteiger partial charge in [0.15, 0.2) is 11.6 Å². The van der Waals surface area contributed by atoms with Crippen LogP contribution in [0.5, 0.6) is 0 Å². The molecule has 1 atom stereocenters. The first-order valence-corrected chi connectivity index (χ1v) is 9.31. The Morgan fingerprint density at radius 2 is 1.89 bits per heavy atom. The number of carbonyl (C=O) groups excluding carboxylic acids is 4. The van der Waals surface area contributed by atoms with E-state index in [1.165, 1.54) is 11.9 Å². The van der Waals surface area contributed by atoms with E-state index in [2.05, 4.69) is 0 Å². The summed E-state index contributed by atoms with van der Waals surface area (Å²) in [7, 11) is 1.49. The van der Waals surface area contributed by atoms with E-state index in [-0.39, 0.29) is 31.3 Å². The molecule has 0 heterocycles. The van der Waals surface area contributed by atoms with Crippen LogP contribution in [-0.4, -0.2) is 48.5 Å². The van der Waals surface area contributed by atoms with Crippen molar-refractivity contribution >= 4 is 23.4 Å². The third kappa shape index (κ3) is 4.10. The van der Waals surface area contributed by atoms with Gasteiger partial charge >= 0.3 is 5.97 Å². The average Bonchev–Trinajstić information content (AvgIpc) is 2.61. The van der Waals surface area contributed by atoms with E-state index in [9.17, 15) is 19.2 Å². The Morgan fingerprint density at radius 3 is 2.52 bits per heavy atom. The maximum atomic E-state index is 13.4. The third-order valence-electron chi connectivity index (χ3n) is 4.96. The summed E-state index contributed by atoms with van der Waals surface area (Å²) in [5.41, 5.74) is -0.568. The molecule has 1 aliphatic carbocycles. The summed E-state index contributed by atoms with van der Waals surface area (Å²) in [5.74, 6) is -1.37. The Labute approximate surface area is 159 Å². The number of hydrogen-bond acceptors (Lipinski definition) is 5. The summed E-state index contributed by atoms with van der Waals surface area (Å²) in [4.78, 5) is 51.9. The molecule has 0 saturated carbocycles. The maximum Gasteiger partial charge on any atom is 0.325 e. The van der Waals surface area contributed by atoms with Crippen LogP contribution < -0.4 is 0 Å². The van der Waals surface area contributed by atoms with E-state index in [0.717, 1.165) is 0 Å². The molecule has 1 aromatic carbocycles. The minimum Gasteiger partial charge on any atom is -0.465 e. The van der Waals surface area contributed by atoms with Gasteiger partial charge in [0.25, 0.3) is 0 Å². The second-order valence-electron chi connectivity index (χ2n) is 7.37. The number of hydrogen-bond donors (Lipinski definition) is 0. The van der Waals surface area contributed by atoms with Gasteiger partial charge in [0, 0.05) is 12.6 Å². The van der Waals surface area contributed by atoms with E-state index in [1.54, 1.807) is 31.2 Å². The van der Waals surface area contributed by atoms with Crippen LogP contribution >= 0.6 is 0 Å². The lowest BCUT2D eigenvalue weighted by Crippen LogP contribution is -2.54. The van der Waals surface area contributed by atoms with E-state index < -0.39 is 23.1 Å². The quantitative estimate of drug-likeness (QED) is 0.542. The molecule has 0 N–H and O–H groups in total. The van der Waals surface area contributed by atoms with E-state index >= 15 is 0 Å². The zero-order chi connectivity index (χ0) is 20.2. The number of rotatable bonds is 7. The summed E-state index contributed by atoms with van der Waals surface area (Å²) in [6, 6.07) is 6.80. The number of esters is 1. The summed E-state index contributed by atoms with van der Waals surface area (Å²) in [5, 5.41) is 0. The Balaban J connectivity index is 2.51. The highest BCUT2D eigenvalue weighted by Gasteiger charge is 2.52. The molecular formula is C21H27NO5. The molecule has 146 valence electrons. The lowest BCUT2D eigenvalue weighted by Gasteiger charge is -2.38. The van der Waals surface area contributed by atoms with E-state index in [0.29, 0.717) is 24.0 Å². The van der Waals surface area contributed by atoms with Crippen molar-refractivity contribution in [2.75, 3.05) is 20.2 Å². The van der Waals surface area contributed by atoms with Gasteiger partial charge in [-0.05, 0) is 31.2 Å². The molecule has 2 rings (SSSR count). The first kappa shape index (κ1) is 20.8. The number of likely N-dealkylation sites (N-methyl/N-ethyl adjacent to an activating group) is 1. The molecule has 6 nitrogen and oxygen atoms in total. The van der Waals surface area contributed by atoms with Crippen molar-refractivity contribution in [2.45, 2.75) is 45.4 Å². The van der Waals surface area contributed by atoms with Crippen LogP contribution in [0.25, 0.3) is 0 Å². The van der Waals surface area contributed by atoms with Crippen LogP contribution in [-0.2, 0) is 24.5 Å². The van der Waals surface area contributed by atoms with Crippen LogP contribution in [0.15, 0.2) is 24.3 Å². The van der Waals surface area contributed by atoms with Crippen molar-refractivity contribution in [1.29, 1.82) is 0 Å². The molecule has 1 aromatic rings. The number of amides is 1. The molecule has 0 aliphatic heterocycles. The minimum atomic E-state index is -1.43. The standard InChI is InChI=1S/C21H27NO5/c1-5-27-19(25)13-22(4)20(26)21(11-10-14(2)3)16-9-7-6-8-15(16)17(23)12-18(21)24/h6-9,14H,5,10-13H2,1-4H3. The predicted molar refractivity (Wildman–Crippen MR) is 100 cm³/mol. The molecule has 0 radical (unpaired) electrons. The normalized spacial score (nSPS) is 19.0. The van der Waals surface area contributed by atoms with E-state index in [4.69, 9.17) is 4.74 Å². The van der Waals surface area contributed by atoms with E-state index in [1.807, 2.05) is 13.8 Å². The molecule has 0 aromatic heterocycles. The predicted octanol–water partition coefficient (Wildman–Crippen LogP) is 2.54. The minimum absolute atomic E-state index is 0.218. The van der Waals surface area contributed by atoms with Gasteiger partial charge < -0.3 is 9.64 Å².